The summed E-state index contributed by atoms with van der Waals surface area (Å²) >= 11 is 1.41. The first kappa shape index (κ1) is 20.9. The maximum atomic E-state index is 12.3. The average molecular weight is 391 g/mol. The number of carboxylic acids is 1. The molecule has 0 radical (unpaired) electrons. The average Bonchev–Trinajstić information content (AvgIpc) is 3.07. The molecule has 0 aliphatic carbocycles. The van der Waals surface area contributed by atoms with E-state index in [4.69, 9.17) is 9.47 Å². The zero-order chi connectivity index (χ0) is 20.0. The fourth-order valence-corrected chi connectivity index (χ4v) is 3.80. The van der Waals surface area contributed by atoms with E-state index in [1.807, 2.05) is 31.4 Å². The first-order chi connectivity index (χ1) is 12.8. The summed E-state index contributed by atoms with van der Waals surface area (Å²) in [5, 5.41) is 11.9. The van der Waals surface area contributed by atoms with Crippen LogP contribution in [0.15, 0.2) is 23.6 Å². The molecule has 6 nitrogen and oxygen atoms in total. The number of aliphatic carboxylic acids is 1. The number of Topliss-reactive ketones (excluding diaryl/α,β-unsaturated/α-hetero) is 1. The second kappa shape index (κ2) is 9.50. The summed E-state index contributed by atoms with van der Waals surface area (Å²) in [6.45, 7) is 3.91. The number of methoxy groups -OCH3 is 2. The summed E-state index contributed by atoms with van der Waals surface area (Å²) in [6.07, 6.45) is 0.651. The standard InChI is InChI=1S/C20H25NO5S/c1-12(2)8-13(20(23)24)9-15(22)10-14-11-27-19(21-14)16-6-5-7-17(25-3)18(16)26-4/h5-7,11-13H,8-10H2,1-4H3,(H,23,24)/t13-/m1/s1. The number of hydrogen-bond donors (Lipinski definition) is 1. The minimum absolute atomic E-state index is 0.0306. The highest BCUT2D eigenvalue weighted by molar-refractivity contribution is 7.13. The van der Waals surface area contributed by atoms with Crippen LogP contribution in [-0.4, -0.2) is 36.1 Å². The molecule has 2 rings (SSSR count). The van der Waals surface area contributed by atoms with E-state index < -0.39 is 11.9 Å². The largest absolute Gasteiger partial charge is 0.493 e. The molecule has 146 valence electrons. The monoisotopic (exact) mass is 391 g/mol. The molecule has 1 heterocycles. The van der Waals surface area contributed by atoms with Crippen molar-refractivity contribution < 1.29 is 24.2 Å². The van der Waals surface area contributed by atoms with E-state index in [9.17, 15) is 14.7 Å². The minimum atomic E-state index is -0.919. The summed E-state index contributed by atoms with van der Waals surface area (Å²) in [4.78, 5) is 28.2. The van der Waals surface area contributed by atoms with Crippen molar-refractivity contribution in [2.75, 3.05) is 14.2 Å². The molecule has 0 spiro atoms. The van der Waals surface area contributed by atoms with E-state index in [1.54, 1.807) is 20.3 Å². The van der Waals surface area contributed by atoms with Crippen LogP contribution in [0.3, 0.4) is 0 Å². The third-order valence-corrected chi connectivity index (χ3v) is 5.07. The number of ketones is 1. The van der Waals surface area contributed by atoms with Crippen LogP contribution in [0.1, 0.15) is 32.4 Å². The lowest BCUT2D eigenvalue weighted by molar-refractivity contribution is -0.144. The highest BCUT2D eigenvalue weighted by Gasteiger charge is 2.23. The number of thiazole rings is 1. The number of carboxylic acid groups (broad SMARTS) is 1. The lowest BCUT2D eigenvalue weighted by Gasteiger charge is -2.13. The van der Waals surface area contributed by atoms with Gasteiger partial charge in [0.05, 0.1) is 31.4 Å². The molecule has 2 aromatic rings. The number of aromatic nitrogens is 1. The number of rotatable bonds is 10. The van der Waals surface area contributed by atoms with E-state index >= 15 is 0 Å². The van der Waals surface area contributed by atoms with Crippen LogP contribution >= 0.6 is 11.3 Å². The maximum Gasteiger partial charge on any atom is 0.306 e. The number of nitrogens with zero attached hydrogens (tertiary/aromatic N) is 1. The van der Waals surface area contributed by atoms with Crippen molar-refractivity contribution in [1.29, 1.82) is 0 Å². The van der Waals surface area contributed by atoms with Crippen LogP contribution in [0.25, 0.3) is 10.6 Å². The summed E-state index contributed by atoms with van der Waals surface area (Å²) < 4.78 is 10.7. The van der Waals surface area contributed by atoms with Gasteiger partial charge in [0.1, 0.15) is 10.8 Å². The quantitative estimate of drug-likeness (QED) is 0.657. The molecule has 0 aliphatic rings. The second-order valence-electron chi connectivity index (χ2n) is 6.77. The molecule has 0 fully saturated rings. The van der Waals surface area contributed by atoms with E-state index in [1.165, 1.54) is 11.3 Å². The molecule has 1 aromatic heterocycles. The Morgan fingerprint density at radius 1 is 1.22 bits per heavy atom. The fourth-order valence-electron chi connectivity index (χ4n) is 2.96. The summed E-state index contributed by atoms with van der Waals surface area (Å²) in [5.41, 5.74) is 1.43. The fraction of sp³-hybridized carbons (Fsp3) is 0.450. The van der Waals surface area contributed by atoms with Crippen LogP contribution < -0.4 is 9.47 Å². The molecule has 0 amide bonds. The van der Waals surface area contributed by atoms with Gasteiger partial charge >= 0.3 is 5.97 Å². The molecule has 0 aliphatic heterocycles. The zero-order valence-corrected chi connectivity index (χ0v) is 16.8. The first-order valence-corrected chi connectivity index (χ1v) is 9.63. The highest BCUT2D eigenvalue weighted by atomic mass is 32.1. The van der Waals surface area contributed by atoms with Crippen LogP contribution in [0.4, 0.5) is 0 Å². The predicted octanol–water partition coefficient (Wildman–Crippen LogP) is 4.08. The number of carbonyl (C=O) groups is 2. The molecule has 0 bridgehead atoms. The number of carbonyl (C=O) groups excluding carboxylic acids is 1. The molecule has 7 heteroatoms. The van der Waals surface area contributed by atoms with E-state index in [2.05, 4.69) is 4.98 Å². The Morgan fingerprint density at radius 3 is 2.56 bits per heavy atom. The molecule has 0 saturated carbocycles. The van der Waals surface area contributed by atoms with Gasteiger partial charge in [0, 0.05) is 18.2 Å². The Kier molecular flexibility index (Phi) is 7.36. The minimum Gasteiger partial charge on any atom is -0.493 e. The van der Waals surface area contributed by atoms with Gasteiger partial charge < -0.3 is 14.6 Å². The SMILES string of the molecule is COc1cccc(-c2nc(CC(=O)C[C@@H](CC(C)C)C(=O)O)cs2)c1OC. The molecule has 1 aromatic carbocycles. The van der Waals surface area contributed by atoms with E-state index in [0.717, 1.165) is 10.6 Å². The molecule has 1 atom stereocenters. The van der Waals surface area contributed by atoms with E-state index in [0.29, 0.717) is 23.6 Å². The first-order valence-electron chi connectivity index (χ1n) is 8.76. The maximum absolute atomic E-state index is 12.3. The van der Waals surface area contributed by atoms with Gasteiger partial charge in [-0.2, -0.15) is 0 Å². The van der Waals surface area contributed by atoms with Crippen molar-refractivity contribution in [3.05, 3.63) is 29.3 Å². The molecule has 0 saturated heterocycles. The Balaban J connectivity index is 2.12. The van der Waals surface area contributed by atoms with Crippen molar-refractivity contribution >= 4 is 23.1 Å². The highest BCUT2D eigenvalue weighted by Crippen LogP contribution is 2.39. The van der Waals surface area contributed by atoms with Crippen molar-refractivity contribution in [3.8, 4) is 22.1 Å². The smallest absolute Gasteiger partial charge is 0.306 e. The van der Waals surface area contributed by atoms with E-state index in [-0.39, 0.29) is 24.5 Å². The Hall–Kier alpha value is -2.41. The lowest BCUT2D eigenvalue weighted by atomic mass is 9.91. The summed E-state index contributed by atoms with van der Waals surface area (Å²) in [6, 6.07) is 5.54. The summed E-state index contributed by atoms with van der Waals surface area (Å²) in [5.74, 6) is -0.245. The molecule has 1 N–H and O–H groups in total. The number of hydrogen-bond acceptors (Lipinski definition) is 6. The third-order valence-electron chi connectivity index (χ3n) is 4.14. The molecular weight excluding hydrogens is 366 g/mol. The van der Waals surface area contributed by atoms with Crippen LogP contribution in [-0.2, 0) is 16.0 Å². The van der Waals surface area contributed by atoms with Crippen molar-refractivity contribution in [2.45, 2.75) is 33.1 Å². The van der Waals surface area contributed by atoms with Gasteiger partial charge in [-0.15, -0.1) is 11.3 Å². The Labute approximate surface area is 163 Å². The molecular formula is C20H25NO5S. The normalized spacial score (nSPS) is 12.0. The van der Waals surface area contributed by atoms with Gasteiger partial charge in [-0.3, -0.25) is 9.59 Å². The Morgan fingerprint density at radius 2 is 1.96 bits per heavy atom. The predicted molar refractivity (Wildman–Crippen MR) is 105 cm³/mol. The number of para-hydroxylation sites is 1. The van der Waals surface area contributed by atoms with Crippen LogP contribution in [0.5, 0.6) is 11.5 Å². The van der Waals surface area contributed by atoms with Crippen molar-refractivity contribution in [3.63, 3.8) is 0 Å². The van der Waals surface area contributed by atoms with Gasteiger partial charge in [-0.1, -0.05) is 19.9 Å². The topological polar surface area (TPSA) is 85.7 Å². The molecule has 0 unspecified atom stereocenters. The van der Waals surface area contributed by atoms with Crippen molar-refractivity contribution in [2.24, 2.45) is 11.8 Å². The van der Waals surface area contributed by atoms with Gasteiger partial charge in [0.25, 0.3) is 0 Å². The van der Waals surface area contributed by atoms with Crippen molar-refractivity contribution in [1.82, 2.24) is 4.98 Å². The second-order valence-corrected chi connectivity index (χ2v) is 7.63. The van der Waals surface area contributed by atoms with Crippen LogP contribution in [0, 0.1) is 11.8 Å². The zero-order valence-electron chi connectivity index (χ0n) is 16.0. The lowest BCUT2D eigenvalue weighted by Crippen LogP contribution is -2.20. The van der Waals surface area contributed by atoms with Gasteiger partial charge in [-0.25, -0.2) is 4.98 Å². The number of ether oxygens (including phenoxy) is 2. The summed E-state index contributed by atoms with van der Waals surface area (Å²) in [7, 11) is 3.14. The van der Waals surface area contributed by atoms with Gasteiger partial charge in [-0.05, 0) is 24.5 Å². The van der Waals surface area contributed by atoms with Gasteiger partial charge in [0.15, 0.2) is 11.5 Å². The third kappa shape index (κ3) is 5.53. The van der Waals surface area contributed by atoms with Gasteiger partial charge in [0.2, 0.25) is 0 Å². The number of benzene rings is 1. The Bertz CT molecular complexity index is 799. The van der Waals surface area contributed by atoms with Crippen LogP contribution in [0.2, 0.25) is 0 Å². The molecule has 27 heavy (non-hydrogen) atoms.